The molecule has 0 spiro atoms. The number of hydrogen-bond donors (Lipinski definition) is 1. The van der Waals surface area contributed by atoms with E-state index in [1.165, 1.54) is 4.57 Å². The number of ether oxygens (including phenoxy) is 1. The van der Waals surface area contributed by atoms with Gasteiger partial charge in [-0.2, -0.15) is 5.26 Å². The van der Waals surface area contributed by atoms with Crippen LogP contribution in [0.2, 0.25) is 0 Å². The van der Waals surface area contributed by atoms with Gasteiger partial charge in [0.1, 0.15) is 17.4 Å². The summed E-state index contributed by atoms with van der Waals surface area (Å²) in [6.07, 6.45) is 0. The number of nitrogens with two attached hydrogens (primary N) is 1. The molecule has 0 radical (unpaired) electrons. The maximum absolute atomic E-state index is 13.0. The predicted molar refractivity (Wildman–Crippen MR) is 100.0 cm³/mol. The zero-order chi connectivity index (χ0) is 19.3. The van der Waals surface area contributed by atoms with E-state index in [9.17, 15) is 10.1 Å². The van der Waals surface area contributed by atoms with Gasteiger partial charge in [0.2, 0.25) is 5.88 Å². The number of hydrogen-bond acceptors (Lipinski definition) is 6. The Morgan fingerprint density at radius 1 is 1.22 bits per heavy atom. The van der Waals surface area contributed by atoms with Crippen molar-refractivity contribution in [1.82, 2.24) is 14.5 Å². The van der Waals surface area contributed by atoms with Crippen molar-refractivity contribution in [3.63, 3.8) is 0 Å². The van der Waals surface area contributed by atoms with Gasteiger partial charge in [-0.15, -0.1) is 0 Å². The fourth-order valence-corrected chi connectivity index (χ4v) is 3.39. The van der Waals surface area contributed by atoms with Gasteiger partial charge in [0.05, 0.1) is 33.9 Å². The number of aryl methyl sites for hydroxylation is 2. The minimum Gasteiger partial charge on any atom is -0.440 e. The number of aromatic nitrogens is 3. The van der Waals surface area contributed by atoms with Gasteiger partial charge in [-0.25, -0.2) is 9.97 Å². The van der Waals surface area contributed by atoms with E-state index in [1.54, 1.807) is 20.0 Å². The van der Waals surface area contributed by atoms with E-state index in [4.69, 9.17) is 15.5 Å². The lowest BCUT2D eigenvalue weighted by Crippen LogP contribution is -2.32. The number of allylic oxidation sites excluding steroid dienone is 1. The molecule has 134 valence electrons. The van der Waals surface area contributed by atoms with Crippen LogP contribution in [0.1, 0.15) is 28.6 Å². The molecule has 2 aromatic heterocycles. The van der Waals surface area contributed by atoms with Gasteiger partial charge in [0.25, 0.3) is 5.56 Å². The van der Waals surface area contributed by atoms with Crippen LogP contribution in [0.4, 0.5) is 0 Å². The number of nitrogens with zero attached hydrogens (tertiary/aromatic N) is 4. The van der Waals surface area contributed by atoms with Crippen molar-refractivity contribution in [3.8, 4) is 11.8 Å². The summed E-state index contributed by atoms with van der Waals surface area (Å²) >= 11 is 0. The van der Waals surface area contributed by atoms with Gasteiger partial charge < -0.3 is 15.0 Å². The van der Waals surface area contributed by atoms with Crippen molar-refractivity contribution in [1.29, 1.82) is 5.26 Å². The SMILES string of the molecule is Cc1nc2ccccc2nc1[C@H]1C(C#N)=C(N)Oc2cc(C)n(C)c(=O)c21. The highest BCUT2D eigenvalue weighted by Gasteiger charge is 2.36. The van der Waals surface area contributed by atoms with Crippen LogP contribution in [-0.4, -0.2) is 14.5 Å². The van der Waals surface area contributed by atoms with Crippen LogP contribution in [0.25, 0.3) is 11.0 Å². The lowest BCUT2D eigenvalue weighted by molar-refractivity contribution is 0.388. The second-order valence-corrected chi connectivity index (χ2v) is 6.54. The largest absolute Gasteiger partial charge is 0.440 e. The number of nitriles is 1. The number of pyridine rings is 1. The molecule has 0 fully saturated rings. The predicted octanol–water partition coefficient (Wildman–Crippen LogP) is 2.16. The first-order valence-corrected chi connectivity index (χ1v) is 8.43. The molecule has 7 nitrogen and oxygen atoms in total. The van der Waals surface area contributed by atoms with Crippen LogP contribution < -0.4 is 16.0 Å². The molecule has 0 unspecified atom stereocenters. The summed E-state index contributed by atoms with van der Waals surface area (Å²) in [5.74, 6) is -0.390. The maximum Gasteiger partial charge on any atom is 0.258 e. The minimum atomic E-state index is -0.727. The Morgan fingerprint density at radius 3 is 2.56 bits per heavy atom. The average Bonchev–Trinajstić information content (AvgIpc) is 2.65. The number of benzene rings is 1. The van der Waals surface area contributed by atoms with Crippen molar-refractivity contribution in [2.24, 2.45) is 12.8 Å². The van der Waals surface area contributed by atoms with E-state index in [2.05, 4.69) is 11.1 Å². The van der Waals surface area contributed by atoms with E-state index >= 15 is 0 Å². The van der Waals surface area contributed by atoms with E-state index in [0.29, 0.717) is 28.2 Å². The molecule has 7 heteroatoms. The first kappa shape index (κ1) is 16.8. The van der Waals surface area contributed by atoms with E-state index in [-0.39, 0.29) is 17.0 Å². The Bertz CT molecular complexity index is 1230. The summed E-state index contributed by atoms with van der Waals surface area (Å²) in [6, 6.07) is 11.3. The smallest absolute Gasteiger partial charge is 0.258 e. The third-order valence-electron chi connectivity index (χ3n) is 4.91. The lowest BCUT2D eigenvalue weighted by atomic mass is 9.86. The van der Waals surface area contributed by atoms with Crippen LogP contribution >= 0.6 is 0 Å². The number of fused-ring (bicyclic) bond motifs is 2. The van der Waals surface area contributed by atoms with Crippen molar-refractivity contribution < 1.29 is 4.74 Å². The van der Waals surface area contributed by atoms with Crippen LogP contribution in [0, 0.1) is 25.2 Å². The molecular formula is C20H17N5O2. The molecule has 0 saturated carbocycles. The molecule has 4 rings (SSSR count). The minimum absolute atomic E-state index is 0.0167. The Balaban J connectivity index is 2.08. The van der Waals surface area contributed by atoms with Crippen LogP contribution in [-0.2, 0) is 7.05 Å². The molecule has 1 aromatic carbocycles. The van der Waals surface area contributed by atoms with Crippen LogP contribution in [0.15, 0.2) is 46.6 Å². The lowest BCUT2D eigenvalue weighted by Gasteiger charge is -2.26. The first-order chi connectivity index (χ1) is 12.9. The van der Waals surface area contributed by atoms with Crippen molar-refractivity contribution in [2.75, 3.05) is 0 Å². The average molecular weight is 359 g/mol. The molecule has 0 saturated heterocycles. The highest BCUT2D eigenvalue weighted by Crippen LogP contribution is 2.40. The Kier molecular flexibility index (Phi) is 3.70. The third-order valence-corrected chi connectivity index (χ3v) is 4.91. The second kappa shape index (κ2) is 5.95. The fraction of sp³-hybridized carbons (Fsp3) is 0.200. The van der Waals surface area contributed by atoms with E-state index in [0.717, 1.165) is 11.2 Å². The van der Waals surface area contributed by atoms with Gasteiger partial charge in [0, 0.05) is 18.8 Å². The highest BCUT2D eigenvalue weighted by molar-refractivity contribution is 5.74. The molecule has 3 aromatic rings. The van der Waals surface area contributed by atoms with Crippen molar-refractivity contribution in [2.45, 2.75) is 19.8 Å². The topological polar surface area (TPSA) is 107 Å². The summed E-state index contributed by atoms with van der Waals surface area (Å²) in [6.45, 7) is 3.62. The molecule has 0 aliphatic carbocycles. The molecule has 1 aliphatic heterocycles. The highest BCUT2D eigenvalue weighted by atomic mass is 16.5. The third kappa shape index (κ3) is 2.46. The zero-order valence-electron chi connectivity index (χ0n) is 15.1. The van der Waals surface area contributed by atoms with Crippen LogP contribution in [0.3, 0.4) is 0 Å². The van der Waals surface area contributed by atoms with Gasteiger partial charge in [0.15, 0.2) is 0 Å². The first-order valence-electron chi connectivity index (χ1n) is 8.43. The van der Waals surface area contributed by atoms with Crippen molar-refractivity contribution >= 4 is 11.0 Å². The van der Waals surface area contributed by atoms with E-state index < -0.39 is 5.92 Å². The summed E-state index contributed by atoms with van der Waals surface area (Å²) in [7, 11) is 1.68. The van der Waals surface area contributed by atoms with Crippen LogP contribution in [0.5, 0.6) is 5.75 Å². The van der Waals surface area contributed by atoms with Gasteiger partial charge >= 0.3 is 0 Å². The molecular weight excluding hydrogens is 342 g/mol. The molecule has 2 N–H and O–H groups in total. The fourth-order valence-electron chi connectivity index (χ4n) is 3.39. The Hall–Kier alpha value is -3.66. The summed E-state index contributed by atoms with van der Waals surface area (Å²) in [5.41, 5.74) is 9.60. The molecule has 1 atom stereocenters. The molecule has 3 heterocycles. The standard InChI is InChI=1S/C20H17N5O2/c1-10-8-15-17(20(26)25(10)3)16(12(9-21)19(22)27-15)18-11(2)23-13-6-4-5-7-14(13)24-18/h4-8,16H,22H2,1-3H3/t16-/m0/s1. The number of rotatable bonds is 1. The monoisotopic (exact) mass is 359 g/mol. The van der Waals surface area contributed by atoms with Gasteiger partial charge in [-0.1, -0.05) is 12.1 Å². The molecule has 0 bridgehead atoms. The second-order valence-electron chi connectivity index (χ2n) is 6.54. The molecule has 0 amide bonds. The van der Waals surface area contributed by atoms with Crippen molar-refractivity contribution in [3.05, 3.63) is 74.8 Å². The zero-order valence-corrected chi connectivity index (χ0v) is 15.1. The molecule has 27 heavy (non-hydrogen) atoms. The quantitative estimate of drug-likeness (QED) is 0.713. The Morgan fingerprint density at radius 2 is 1.89 bits per heavy atom. The molecule has 1 aliphatic rings. The number of para-hydroxylation sites is 2. The summed E-state index contributed by atoms with van der Waals surface area (Å²) in [5, 5.41) is 9.71. The normalized spacial score (nSPS) is 16.0. The van der Waals surface area contributed by atoms with E-state index in [1.807, 2.05) is 31.2 Å². The Labute approximate surface area is 155 Å². The summed E-state index contributed by atoms with van der Waals surface area (Å²) < 4.78 is 7.13. The maximum atomic E-state index is 13.0. The van der Waals surface area contributed by atoms with Gasteiger partial charge in [-0.05, 0) is 26.0 Å². The summed E-state index contributed by atoms with van der Waals surface area (Å²) in [4.78, 5) is 22.3. The van der Waals surface area contributed by atoms with Gasteiger partial charge in [-0.3, -0.25) is 4.79 Å².